The highest BCUT2D eigenvalue weighted by Gasteiger charge is 2.46. The van der Waals surface area contributed by atoms with Gasteiger partial charge in [-0.1, -0.05) is 24.3 Å². The van der Waals surface area contributed by atoms with Gasteiger partial charge in [0.25, 0.3) is 0 Å². The maximum absolute atomic E-state index is 13.3. The molecule has 0 N–H and O–H groups in total. The standard InChI is InChI=1S/C22H26N2O3/c1-22(2,3)27-21(26)24-16-8-9-17(24)11-15(10-16)20(25)19-13-23-12-14-6-4-5-7-18(14)19/h4-7,12-13,15-17H,8-11H2,1-3H3. The average molecular weight is 366 g/mol. The van der Waals surface area contributed by atoms with Crippen LogP contribution in [0.2, 0.25) is 0 Å². The van der Waals surface area contributed by atoms with Gasteiger partial charge >= 0.3 is 6.09 Å². The number of piperidine rings is 1. The molecule has 2 saturated heterocycles. The first-order valence-electron chi connectivity index (χ1n) is 9.72. The number of benzene rings is 1. The van der Waals surface area contributed by atoms with Gasteiger partial charge in [0.1, 0.15) is 5.60 Å². The Hall–Kier alpha value is -2.43. The number of ketones is 1. The Balaban J connectivity index is 1.54. The predicted molar refractivity (Wildman–Crippen MR) is 104 cm³/mol. The topological polar surface area (TPSA) is 59.5 Å². The molecule has 2 fully saturated rings. The highest BCUT2D eigenvalue weighted by molar-refractivity contribution is 6.08. The van der Waals surface area contributed by atoms with E-state index in [4.69, 9.17) is 4.74 Å². The monoisotopic (exact) mass is 366 g/mol. The normalized spacial score (nSPS) is 24.9. The molecule has 2 aliphatic heterocycles. The fraction of sp³-hybridized carbons (Fsp3) is 0.500. The van der Waals surface area contributed by atoms with Crippen molar-refractivity contribution in [2.45, 2.75) is 64.1 Å². The molecule has 1 aromatic carbocycles. The van der Waals surface area contributed by atoms with Crippen molar-refractivity contribution >= 4 is 22.6 Å². The van der Waals surface area contributed by atoms with Crippen LogP contribution in [0.5, 0.6) is 0 Å². The first kappa shape index (κ1) is 18.0. The van der Waals surface area contributed by atoms with E-state index in [2.05, 4.69) is 4.98 Å². The lowest BCUT2D eigenvalue weighted by molar-refractivity contribution is 0.00255. The van der Waals surface area contributed by atoms with Crippen LogP contribution in [-0.4, -0.2) is 39.4 Å². The van der Waals surface area contributed by atoms with E-state index in [9.17, 15) is 9.59 Å². The summed E-state index contributed by atoms with van der Waals surface area (Å²) in [5.74, 6) is 0.0915. The zero-order chi connectivity index (χ0) is 19.2. The van der Waals surface area contributed by atoms with Crippen molar-refractivity contribution in [3.63, 3.8) is 0 Å². The Labute approximate surface area is 159 Å². The van der Waals surface area contributed by atoms with Crippen LogP contribution in [0.3, 0.4) is 0 Å². The number of carbonyl (C=O) groups is 2. The van der Waals surface area contributed by atoms with Crippen molar-refractivity contribution < 1.29 is 14.3 Å². The summed E-state index contributed by atoms with van der Waals surface area (Å²) >= 11 is 0. The second kappa shape index (κ2) is 6.63. The summed E-state index contributed by atoms with van der Waals surface area (Å²) in [5, 5.41) is 1.94. The molecule has 0 spiro atoms. The molecule has 5 heteroatoms. The van der Waals surface area contributed by atoms with Gasteiger partial charge in [0.05, 0.1) is 0 Å². The maximum Gasteiger partial charge on any atom is 0.410 e. The quantitative estimate of drug-likeness (QED) is 0.729. The van der Waals surface area contributed by atoms with Crippen LogP contribution in [0, 0.1) is 5.92 Å². The van der Waals surface area contributed by atoms with Gasteiger partial charge in [-0.3, -0.25) is 9.78 Å². The molecule has 2 bridgehead atoms. The number of nitrogens with zero attached hydrogens (tertiary/aromatic N) is 2. The van der Waals surface area contributed by atoms with E-state index in [1.807, 2.05) is 49.9 Å². The first-order chi connectivity index (χ1) is 12.8. The Kier molecular flexibility index (Phi) is 4.41. The molecule has 142 valence electrons. The summed E-state index contributed by atoms with van der Waals surface area (Å²) in [6.45, 7) is 5.66. The van der Waals surface area contributed by atoms with Crippen molar-refractivity contribution in [2.24, 2.45) is 5.92 Å². The molecule has 3 heterocycles. The lowest BCUT2D eigenvalue weighted by Gasteiger charge is -2.39. The molecule has 0 radical (unpaired) electrons. The lowest BCUT2D eigenvalue weighted by Crippen LogP contribution is -2.49. The minimum absolute atomic E-state index is 0.0613. The second-order valence-electron chi connectivity index (χ2n) is 8.71. The van der Waals surface area contributed by atoms with Gasteiger partial charge in [-0.05, 0) is 51.8 Å². The molecule has 4 rings (SSSR count). The third-order valence-corrected chi connectivity index (χ3v) is 5.64. The number of hydrogen-bond acceptors (Lipinski definition) is 4. The highest BCUT2D eigenvalue weighted by Crippen LogP contribution is 2.41. The van der Waals surface area contributed by atoms with Gasteiger partial charge in [0.2, 0.25) is 0 Å². The molecule has 1 aromatic heterocycles. The van der Waals surface area contributed by atoms with Gasteiger partial charge in [-0.15, -0.1) is 0 Å². The van der Waals surface area contributed by atoms with E-state index in [0.29, 0.717) is 18.4 Å². The predicted octanol–water partition coefficient (Wildman–Crippen LogP) is 4.60. The summed E-state index contributed by atoms with van der Waals surface area (Å²) in [7, 11) is 0. The molecule has 2 aromatic rings. The number of fused-ring (bicyclic) bond motifs is 3. The fourth-order valence-corrected chi connectivity index (χ4v) is 4.54. The van der Waals surface area contributed by atoms with Crippen LogP contribution in [0.15, 0.2) is 36.7 Å². The van der Waals surface area contributed by atoms with E-state index < -0.39 is 5.60 Å². The lowest BCUT2D eigenvalue weighted by atomic mass is 9.84. The fourth-order valence-electron chi connectivity index (χ4n) is 4.54. The Morgan fingerprint density at radius 3 is 2.41 bits per heavy atom. The van der Waals surface area contributed by atoms with Crippen molar-refractivity contribution in [1.29, 1.82) is 0 Å². The third-order valence-electron chi connectivity index (χ3n) is 5.64. The number of rotatable bonds is 2. The van der Waals surface area contributed by atoms with Crippen LogP contribution < -0.4 is 0 Å². The number of Topliss-reactive ketones (excluding diaryl/α,β-unsaturated/α-hetero) is 1. The maximum atomic E-state index is 13.3. The SMILES string of the molecule is CC(C)(C)OC(=O)N1C2CCC1CC(C(=O)c1cncc3ccccc13)C2. The molecule has 0 saturated carbocycles. The molecule has 1 amide bonds. The van der Waals surface area contributed by atoms with Crippen LogP contribution in [0.25, 0.3) is 10.8 Å². The zero-order valence-corrected chi connectivity index (χ0v) is 16.1. The average Bonchev–Trinajstić information content (AvgIpc) is 2.89. The summed E-state index contributed by atoms with van der Waals surface area (Å²) in [5.41, 5.74) is 0.195. The number of pyridine rings is 1. The molecule has 5 nitrogen and oxygen atoms in total. The van der Waals surface area contributed by atoms with Gasteiger partial charge in [-0.25, -0.2) is 4.79 Å². The molecule has 2 atom stereocenters. The number of carbonyl (C=O) groups excluding carboxylic acids is 2. The van der Waals surface area contributed by atoms with Crippen molar-refractivity contribution in [3.8, 4) is 0 Å². The number of amides is 1. The highest BCUT2D eigenvalue weighted by atomic mass is 16.6. The van der Waals surface area contributed by atoms with E-state index >= 15 is 0 Å². The van der Waals surface area contributed by atoms with Gasteiger partial charge in [-0.2, -0.15) is 0 Å². The first-order valence-corrected chi connectivity index (χ1v) is 9.72. The van der Waals surface area contributed by atoms with Crippen molar-refractivity contribution in [1.82, 2.24) is 9.88 Å². The van der Waals surface area contributed by atoms with Crippen LogP contribution >= 0.6 is 0 Å². The van der Waals surface area contributed by atoms with Crippen LogP contribution in [-0.2, 0) is 4.74 Å². The van der Waals surface area contributed by atoms with E-state index in [1.165, 1.54) is 0 Å². The van der Waals surface area contributed by atoms with Crippen LogP contribution in [0.4, 0.5) is 4.79 Å². The largest absolute Gasteiger partial charge is 0.444 e. The van der Waals surface area contributed by atoms with Crippen molar-refractivity contribution in [3.05, 3.63) is 42.2 Å². The Morgan fingerprint density at radius 1 is 1.07 bits per heavy atom. The molecular formula is C22H26N2O3. The summed E-state index contributed by atoms with van der Waals surface area (Å²) in [6.07, 6.45) is 6.54. The number of hydrogen-bond donors (Lipinski definition) is 0. The van der Waals surface area contributed by atoms with Gasteiger partial charge in [0, 0.05) is 41.3 Å². The van der Waals surface area contributed by atoms with Gasteiger partial charge < -0.3 is 9.64 Å². The minimum Gasteiger partial charge on any atom is -0.444 e. The second-order valence-corrected chi connectivity index (χ2v) is 8.71. The van der Waals surface area contributed by atoms with Crippen molar-refractivity contribution in [2.75, 3.05) is 0 Å². The molecule has 0 aliphatic carbocycles. The van der Waals surface area contributed by atoms with Crippen LogP contribution in [0.1, 0.15) is 56.8 Å². The smallest absolute Gasteiger partial charge is 0.410 e. The van der Waals surface area contributed by atoms with E-state index in [0.717, 1.165) is 23.6 Å². The Morgan fingerprint density at radius 2 is 1.74 bits per heavy atom. The van der Waals surface area contributed by atoms with E-state index in [1.54, 1.807) is 12.4 Å². The number of aromatic nitrogens is 1. The summed E-state index contributed by atoms with van der Waals surface area (Å²) in [4.78, 5) is 32.0. The van der Waals surface area contributed by atoms with E-state index in [-0.39, 0.29) is 29.9 Å². The molecule has 2 unspecified atom stereocenters. The summed E-state index contributed by atoms with van der Waals surface area (Å²) < 4.78 is 5.59. The molecule has 2 aliphatic rings. The third kappa shape index (κ3) is 3.43. The number of ether oxygens (including phenoxy) is 1. The van der Waals surface area contributed by atoms with Gasteiger partial charge in [0.15, 0.2) is 5.78 Å². The molecule has 27 heavy (non-hydrogen) atoms. The summed E-state index contributed by atoms with van der Waals surface area (Å²) in [6, 6.07) is 8.06. The zero-order valence-electron chi connectivity index (χ0n) is 16.1. The Bertz CT molecular complexity index is 867. The minimum atomic E-state index is -0.502. The molecular weight excluding hydrogens is 340 g/mol.